The van der Waals surface area contributed by atoms with Crippen molar-refractivity contribution < 1.29 is 19.3 Å². The first-order valence-electron chi connectivity index (χ1n) is 12.9. The molecule has 0 bridgehead atoms. The normalized spacial score (nSPS) is 16.7. The predicted octanol–water partition coefficient (Wildman–Crippen LogP) is 4.95. The molecule has 1 aliphatic heterocycles. The van der Waals surface area contributed by atoms with E-state index in [0.717, 1.165) is 54.1 Å². The molecule has 3 aromatic rings. The van der Waals surface area contributed by atoms with Gasteiger partial charge in [0, 0.05) is 38.9 Å². The molecular formula is C29H39N3O4. The van der Waals surface area contributed by atoms with Gasteiger partial charge < -0.3 is 19.3 Å². The van der Waals surface area contributed by atoms with Gasteiger partial charge in [0.05, 0.1) is 30.5 Å². The number of ether oxygens (including phenoxy) is 3. The van der Waals surface area contributed by atoms with Gasteiger partial charge in [0.2, 0.25) is 5.88 Å². The van der Waals surface area contributed by atoms with Crippen molar-refractivity contribution >= 4 is 0 Å². The molecule has 194 valence electrons. The molecule has 1 fully saturated rings. The molecule has 0 unspecified atom stereocenters. The average Bonchev–Trinajstić information content (AvgIpc) is 3.47. The quantitative estimate of drug-likeness (QED) is 0.385. The Kier molecular flexibility index (Phi) is 9.15. The summed E-state index contributed by atoms with van der Waals surface area (Å²) in [4.78, 5) is 2.25. The Balaban J connectivity index is 1.66. The summed E-state index contributed by atoms with van der Waals surface area (Å²) in [6.07, 6.45) is 1.72. The standard InChI is InChI=1S/C29H39N3O4/c1-21(2)35-20-24(33)17-32(18-26-14-9-15-34-26)19-27-28(23-11-6-5-7-12-23)30-31(4)29(27)36-25-13-8-10-22(3)16-25/h5-8,10-13,16,21,24,26,33H,9,14-15,17-20H2,1-4H3/t24-,26-/m1/s1. The summed E-state index contributed by atoms with van der Waals surface area (Å²) in [6, 6.07) is 18.2. The van der Waals surface area contributed by atoms with Gasteiger partial charge in [-0.25, -0.2) is 4.68 Å². The van der Waals surface area contributed by atoms with Crippen LogP contribution in [0.15, 0.2) is 54.6 Å². The van der Waals surface area contributed by atoms with E-state index in [1.54, 1.807) is 0 Å². The first-order chi connectivity index (χ1) is 17.4. The Morgan fingerprint density at radius 2 is 1.97 bits per heavy atom. The van der Waals surface area contributed by atoms with E-state index in [9.17, 15) is 5.11 Å². The maximum Gasteiger partial charge on any atom is 0.222 e. The molecule has 7 heteroatoms. The third-order valence-electron chi connectivity index (χ3n) is 6.30. The third kappa shape index (κ3) is 7.17. The zero-order valence-electron chi connectivity index (χ0n) is 21.9. The number of aliphatic hydroxyl groups is 1. The molecule has 1 aromatic heterocycles. The van der Waals surface area contributed by atoms with Crippen LogP contribution in [0.2, 0.25) is 0 Å². The number of nitrogens with zero attached hydrogens (tertiary/aromatic N) is 3. The van der Waals surface area contributed by atoms with Crippen molar-refractivity contribution in [2.75, 3.05) is 26.3 Å². The topological polar surface area (TPSA) is 69.0 Å². The van der Waals surface area contributed by atoms with Crippen molar-refractivity contribution in [2.45, 2.75) is 58.5 Å². The van der Waals surface area contributed by atoms with Crippen LogP contribution in [0.3, 0.4) is 0 Å². The van der Waals surface area contributed by atoms with Crippen molar-refractivity contribution in [1.29, 1.82) is 0 Å². The van der Waals surface area contributed by atoms with Crippen LogP contribution in [-0.2, 0) is 23.1 Å². The zero-order chi connectivity index (χ0) is 25.5. The number of hydrogen-bond acceptors (Lipinski definition) is 6. The second kappa shape index (κ2) is 12.5. The van der Waals surface area contributed by atoms with E-state index in [0.29, 0.717) is 25.6 Å². The molecule has 0 saturated carbocycles. The smallest absolute Gasteiger partial charge is 0.222 e. The Morgan fingerprint density at radius 1 is 1.17 bits per heavy atom. The van der Waals surface area contributed by atoms with Gasteiger partial charge in [-0.05, 0) is 51.3 Å². The summed E-state index contributed by atoms with van der Waals surface area (Å²) in [6.45, 7) is 8.87. The fraction of sp³-hybridized carbons (Fsp3) is 0.483. The van der Waals surface area contributed by atoms with Gasteiger partial charge in [0.15, 0.2) is 0 Å². The van der Waals surface area contributed by atoms with Crippen LogP contribution in [0.25, 0.3) is 11.3 Å². The van der Waals surface area contributed by atoms with E-state index in [1.165, 1.54) is 0 Å². The van der Waals surface area contributed by atoms with Gasteiger partial charge >= 0.3 is 0 Å². The van der Waals surface area contributed by atoms with E-state index < -0.39 is 6.10 Å². The largest absolute Gasteiger partial charge is 0.439 e. The molecule has 2 aromatic carbocycles. The summed E-state index contributed by atoms with van der Waals surface area (Å²) in [7, 11) is 1.91. The van der Waals surface area contributed by atoms with Crippen molar-refractivity contribution in [2.24, 2.45) is 7.05 Å². The molecule has 0 amide bonds. The first-order valence-corrected chi connectivity index (χ1v) is 12.9. The number of rotatable bonds is 12. The fourth-order valence-electron chi connectivity index (χ4n) is 4.60. The van der Waals surface area contributed by atoms with Crippen molar-refractivity contribution in [1.82, 2.24) is 14.7 Å². The fourth-order valence-corrected chi connectivity index (χ4v) is 4.60. The second-order valence-electron chi connectivity index (χ2n) is 9.91. The number of aromatic nitrogens is 2. The first kappa shape index (κ1) is 26.4. The molecule has 1 saturated heterocycles. The van der Waals surface area contributed by atoms with Gasteiger partial charge in [-0.15, -0.1) is 0 Å². The summed E-state index contributed by atoms with van der Waals surface area (Å²) in [5.41, 5.74) is 4.03. The summed E-state index contributed by atoms with van der Waals surface area (Å²) in [5, 5.41) is 15.7. The average molecular weight is 494 g/mol. The van der Waals surface area contributed by atoms with Gasteiger partial charge in [0.1, 0.15) is 11.4 Å². The van der Waals surface area contributed by atoms with Gasteiger partial charge in [-0.1, -0.05) is 42.5 Å². The SMILES string of the molecule is Cc1cccc(Oc2c(CN(C[C@@H](O)COC(C)C)C[C@H]3CCCO3)c(-c3ccccc3)nn2C)c1. The second-order valence-corrected chi connectivity index (χ2v) is 9.91. The minimum Gasteiger partial charge on any atom is -0.439 e. The lowest BCUT2D eigenvalue weighted by Crippen LogP contribution is -2.39. The summed E-state index contributed by atoms with van der Waals surface area (Å²) >= 11 is 0. The lowest BCUT2D eigenvalue weighted by molar-refractivity contribution is -0.0172. The van der Waals surface area contributed by atoms with Crippen LogP contribution in [0.4, 0.5) is 0 Å². The number of benzene rings is 2. The van der Waals surface area contributed by atoms with Crippen molar-refractivity contribution in [3.05, 3.63) is 65.7 Å². The molecule has 1 N–H and O–H groups in total. The number of hydrogen-bond donors (Lipinski definition) is 1. The maximum atomic E-state index is 10.8. The minimum atomic E-state index is -0.605. The molecule has 2 atom stereocenters. The molecule has 0 aliphatic carbocycles. The van der Waals surface area contributed by atoms with Crippen LogP contribution in [0.1, 0.15) is 37.8 Å². The van der Waals surface area contributed by atoms with E-state index in [-0.39, 0.29) is 12.2 Å². The molecule has 2 heterocycles. The van der Waals surface area contributed by atoms with Crippen molar-refractivity contribution in [3.63, 3.8) is 0 Å². The van der Waals surface area contributed by atoms with E-state index in [4.69, 9.17) is 19.3 Å². The van der Waals surface area contributed by atoms with Crippen molar-refractivity contribution in [3.8, 4) is 22.9 Å². The lowest BCUT2D eigenvalue weighted by Gasteiger charge is -2.28. The summed E-state index contributed by atoms with van der Waals surface area (Å²) < 4.78 is 19.9. The number of aliphatic hydroxyl groups excluding tert-OH is 1. The van der Waals surface area contributed by atoms with Crippen LogP contribution >= 0.6 is 0 Å². The Morgan fingerprint density at radius 3 is 2.67 bits per heavy atom. The van der Waals surface area contributed by atoms with Gasteiger partial charge in [-0.3, -0.25) is 4.90 Å². The molecule has 4 rings (SSSR count). The highest BCUT2D eigenvalue weighted by molar-refractivity contribution is 5.65. The van der Waals surface area contributed by atoms with Crippen LogP contribution in [0.5, 0.6) is 11.6 Å². The highest BCUT2D eigenvalue weighted by atomic mass is 16.5. The van der Waals surface area contributed by atoms with E-state index in [2.05, 4.69) is 30.0 Å². The molecule has 0 spiro atoms. The third-order valence-corrected chi connectivity index (χ3v) is 6.30. The molecule has 7 nitrogen and oxygen atoms in total. The molecule has 1 aliphatic rings. The maximum absolute atomic E-state index is 10.8. The van der Waals surface area contributed by atoms with Crippen LogP contribution in [-0.4, -0.2) is 64.4 Å². The van der Waals surface area contributed by atoms with Gasteiger partial charge in [0.25, 0.3) is 0 Å². The molecule has 36 heavy (non-hydrogen) atoms. The highest BCUT2D eigenvalue weighted by Crippen LogP contribution is 2.34. The highest BCUT2D eigenvalue weighted by Gasteiger charge is 2.26. The lowest BCUT2D eigenvalue weighted by atomic mass is 10.1. The van der Waals surface area contributed by atoms with E-state index >= 15 is 0 Å². The monoisotopic (exact) mass is 493 g/mol. The zero-order valence-corrected chi connectivity index (χ0v) is 21.9. The Hall–Kier alpha value is -2.71. The molecular weight excluding hydrogens is 454 g/mol. The summed E-state index contributed by atoms with van der Waals surface area (Å²) in [5.74, 6) is 1.47. The van der Waals surface area contributed by atoms with E-state index in [1.807, 2.05) is 62.0 Å². The Bertz CT molecular complexity index is 1090. The van der Waals surface area contributed by atoms with Crippen LogP contribution in [0, 0.1) is 6.92 Å². The van der Waals surface area contributed by atoms with Gasteiger partial charge in [-0.2, -0.15) is 5.10 Å². The van der Waals surface area contributed by atoms with Crippen LogP contribution < -0.4 is 4.74 Å². The molecule has 0 radical (unpaired) electrons. The number of aryl methyl sites for hydroxylation is 2. The predicted molar refractivity (Wildman–Crippen MR) is 141 cm³/mol. The minimum absolute atomic E-state index is 0.0728. The Labute approximate surface area is 214 Å².